The molecule has 1 N–H and O–H groups in total. The van der Waals surface area contributed by atoms with Crippen LogP contribution in [-0.4, -0.2) is 29.4 Å². The van der Waals surface area contributed by atoms with Gasteiger partial charge in [-0.25, -0.2) is 0 Å². The van der Waals surface area contributed by atoms with E-state index in [9.17, 15) is 14.4 Å². The van der Waals surface area contributed by atoms with Crippen molar-refractivity contribution in [2.24, 2.45) is 5.92 Å². The molecular formula is C15H16O5. The molecule has 0 amide bonds. The number of Topliss-reactive ketones (excluding diaryl/α,β-unsaturated/α-hetero) is 1. The molecule has 20 heavy (non-hydrogen) atoms. The number of carboxylic acid groups (broad SMARTS) is 1. The summed E-state index contributed by atoms with van der Waals surface area (Å²) in [5.41, 5.74) is 2.21. The van der Waals surface area contributed by atoms with Gasteiger partial charge in [0, 0.05) is 12.0 Å². The largest absolute Gasteiger partial charge is 0.481 e. The van der Waals surface area contributed by atoms with Crippen molar-refractivity contribution in [1.82, 2.24) is 0 Å². The Labute approximate surface area is 116 Å². The van der Waals surface area contributed by atoms with E-state index in [4.69, 9.17) is 9.84 Å². The predicted octanol–water partition coefficient (Wildman–Crippen LogP) is 1.62. The van der Waals surface area contributed by atoms with Crippen LogP contribution in [0.3, 0.4) is 0 Å². The highest BCUT2D eigenvalue weighted by Crippen LogP contribution is 2.28. The molecule has 0 aliphatic heterocycles. The van der Waals surface area contributed by atoms with Gasteiger partial charge < -0.3 is 9.84 Å². The van der Waals surface area contributed by atoms with Gasteiger partial charge in [-0.05, 0) is 30.9 Å². The molecule has 106 valence electrons. The first kappa shape index (κ1) is 14.2. The van der Waals surface area contributed by atoms with Crippen molar-refractivity contribution in [2.75, 3.05) is 6.61 Å². The average molecular weight is 276 g/mol. The molecule has 1 aliphatic rings. The molecule has 0 heterocycles. The average Bonchev–Trinajstić information content (AvgIpc) is 2.74. The Morgan fingerprint density at radius 2 is 2.15 bits per heavy atom. The number of carbonyl (C=O) groups excluding carboxylic acids is 2. The summed E-state index contributed by atoms with van der Waals surface area (Å²) in [7, 11) is 0. The molecule has 0 aromatic heterocycles. The van der Waals surface area contributed by atoms with Gasteiger partial charge in [0.2, 0.25) is 0 Å². The molecule has 0 bridgehead atoms. The highest BCUT2D eigenvalue weighted by Gasteiger charge is 2.36. The summed E-state index contributed by atoms with van der Waals surface area (Å²) < 4.78 is 4.90. The number of ketones is 1. The van der Waals surface area contributed by atoms with Crippen LogP contribution < -0.4 is 0 Å². The third-order valence-electron chi connectivity index (χ3n) is 3.37. The second-order valence-corrected chi connectivity index (χ2v) is 4.76. The summed E-state index contributed by atoms with van der Waals surface area (Å²) in [6.07, 6.45) is 0.808. The molecular weight excluding hydrogens is 260 g/mol. The lowest BCUT2D eigenvalue weighted by Gasteiger charge is -2.06. The summed E-state index contributed by atoms with van der Waals surface area (Å²) >= 11 is 0. The van der Waals surface area contributed by atoms with Crippen molar-refractivity contribution >= 4 is 17.7 Å². The number of carboxylic acids is 1. The lowest BCUT2D eigenvalue weighted by molar-refractivity contribution is -0.146. The normalized spacial score (nSPS) is 16.9. The van der Waals surface area contributed by atoms with Crippen LogP contribution in [0.15, 0.2) is 18.2 Å². The van der Waals surface area contributed by atoms with Gasteiger partial charge in [-0.15, -0.1) is 0 Å². The molecule has 0 fully saturated rings. The van der Waals surface area contributed by atoms with Crippen LogP contribution in [0.2, 0.25) is 0 Å². The lowest BCUT2D eigenvalue weighted by Crippen LogP contribution is -2.23. The van der Waals surface area contributed by atoms with Crippen molar-refractivity contribution in [3.8, 4) is 0 Å². The first-order valence-corrected chi connectivity index (χ1v) is 6.57. The molecule has 0 radical (unpaired) electrons. The zero-order chi connectivity index (χ0) is 14.7. The first-order chi connectivity index (χ1) is 9.52. The highest BCUT2D eigenvalue weighted by atomic mass is 16.5. The summed E-state index contributed by atoms with van der Waals surface area (Å²) in [6, 6.07) is 5.23. The molecule has 2 rings (SSSR count). The Balaban J connectivity index is 2.15. The summed E-state index contributed by atoms with van der Waals surface area (Å²) in [5.74, 6) is -2.30. The number of benzene rings is 1. The predicted molar refractivity (Wildman–Crippen MR) is 70.6 cm³/mol. The quantitative estimate of drug-likeness (QED) is 0.653. The number of aliphatic carboxylic acids is 1. The Morgan fingerprint density at radius 1 is 1.40 bits per heavy atom. The molecule has 1 atom stereocenters. The molecule has 1 unspecified atom stereocenters. The second kappa shape index (κ2) is 5.86. The Morgan fingerprint density at radius 3 is 2.80 bits per heavy atom. The lowest BCUT2D eigenvalue weighted by atomic mass is 10.0. The molecule has 0 saturated carbocycles. The monoisotopic (exact) mass is 276 g/mol. The van der Waals surface area contributed by atoms with Crippen molar-refractivity contribution in [2.45, 2.75) is 26.2 Å². The number of fused-ring (bicyclic) bond motifs is 1. The zero-order valence-corrected chi connectivity index (χ0v) is 11.2. The summed E-state index contributed by atoms with van der Waals surface area (Å²) in [5, 5.41) is 8.67. The maximum Gasteiger partial charge on any atom is 0.317 e. The number of carbonyl (C=O) groups is 3. The fraction of sp³-hybridized carbons (Fsp3) is 0.400. The minimum absolute atomic E-state index is 0.0496. The Kier molecular flexibility index (Phi) is 4.17. The van der Waals surface area contributed by atoms with E-state index >= 15 is 0 Å². The number of esters is 1. The third-order valence-corrected chi connectivity index (χ3v) is 3.37. The number of hydrogen-bond donors (Lipinski definition) is 1. The van der Waals surface area contributed by atoms with Crippen LogP contribution in [0.25, 0.3) is 0 Å². The minimum Gasteiger partial charge on any atom is -0.481 e. The van der Waals surface area contributed by atoms with Crippen molar-refractivity contribution in [3.63, 3.8) is 0 Å². The highest BCUT2D eigenvalue weighted by molar-refractivity contribution is 6.12. The molecule has 5 heteroatoms. The van der Waals surface area contributed by atoms with Crippen LogP contribution in [0.4, 0.5) is 0 Å². The standard InChI is InChI=1S/C15H16O5/c1-2-20-15(19)12-8-10-7-9(4-6-13(16)17)3-5-11(10)14(12)18/h3,5,7,12H,2,4,6,8H2,1H3,(H,16,17). The molecule has 1 aliphatic carbocycles. The van der Waals surface area contributed by atoms with E-state index < -0.39 is 17.9 Å². The van der Waals surface area contributed by atoms with Crippen LogP contribution in [0.1, 0.15) is 34.8 Å². The van der Waals surface area contributed by atoms with Gasteiger partial charge in [-0.2, -0.15) is 0 Å². The smallest absolute Gasteiger partial charge is 0.317 e. The molecule has 5 nitrogen and oxygen atoms in total. The van der Waals surface area contributed by atoms with E-state index in [0.29, 0.717) is 18.4 Å². The fourth-order valence-corrected chi connectivity index (χ4v) is 2.40. The van der Waals surface area contributed by atoms with Crippen molar-refractivity contribution in [1.29, 1.82) is 0 Å². The van der Waals surface area contributed by atoms with E-state index in [1.165, 1.54) is 0 Å². The maximum atomic E-state index is 12.1. The van der Waals surface area contributed by atoms with Gasteiger partial charge >= 0.3 is 11.9 Å². The first-order valence-electron chi connectivity index (χ1n) is 6.57. The second-order valence-electron chi connectivity index (χ2n) is 4.76. The number of hydrogen-bond acceptors (Lipinski definition) is 4. The zero-order valence-electron chi connectivity index (χ0n) is 11.2. The summed E-state index contributed by atoms with van der Waals surface area (Å²) in [4.78, 5) is 34.4. The van der Waals surface area contributed by atoms with Gasteiger partial charge in [0.1, 0.15) is 5.92 Å². The SMILES string of the molecule is CCOC(=O)C1Cc2cc(CCC(=O)O)ccc2C1=O. The van der Waals surface area contributed by atoms with Gasteiger partial charge in [-0.1, -0.05) is 18.2 Å². The van der Waals surface area contributed by atoms with Gasteiger partial charge in [-0.3, -0.25) is 14.4 Å². The van der Waals surface area contributed by atoms with Crippen LogP contribution in [0.5, 0.6) is 0 Å². The van der Waals surface area contributed by atoms with E-state index in [1.54, 1.807) is 19.1 Å². The fourth-order valence-electron chi connectivity index (χ4n) is 2.40. The molecule has 0 saturated heterocycles. The summed E-state index contributed by atoms with van der Waals surface area (Å²) in [6.45, 7) is 1.96. The van der Waals surface area contributed by atoms with Gasteiger partial charge in [0.25, 0.3) is 0 Å². The number of ether oxygens (including phenoxy) is 1. The van der Waals surface area contributed by atoms with E-state index in [0.717, 1.165) is 11.1 Å². The van der Waals surface area contributed by atoms with E-state index in [1.807, 2.05) is 6.07 Å². The van der Waals surface area contributed by atoms with Gasteiger partial charge in [0.15, 0.2) is 5.78 Å². The van der Waals surface area contributed by atoms with Crippen LogP contribution >= 0.6 is 0 Å². The van der Waals surface area contributed by atoms with Crippen molar-refractivity contribution < 1.29 is 24.2 Å². The van der Waals surface area contributed by atoms with Crippen LogP contribution in [0, 0.1) is 5.92 Å². The van der Waals surface area contributed by atoms with E-state index in [2.05, 4.69) is 0 Å². The topological polar surface area (TPSA) is 80.7 Å². The number of aryl methyl sites for hydroxylation is 1. The third kappa shape index (κ3) is 2.87. The Hall–Kier alpha value is -2.17. The molecule has 1 aromatic carbocycles. The number of rotatable bonds is 5. The molecule has 0 spiro atoms. The van der Waals surface area contributed by atoms with Gasteiger partial charge in [0.05, 0.1) is 6.61 Å². The maximum absolute atomic E-state index is 12.1. The minimum atomic E-state index is -0.856. The molecule has 1 aromatic rings. The van der Waals surface area contributed by atoms with Crippen molar-refractivity contribution in [3.05, 3.63) is 34.9 Å². The van der Waals surface area contributed by atoms with Crippen LogP contribution in [-0.2, 0) is 27.2 Å². The Bertz CT molecular complexity index is 561. The van der Waals surface area contributed by atoms with E-state index in [-0.39, 0.29) is 18.8 Å².